The number of amides is 1. The van der Waals surface area contributed by atoms with Crippen molar-refractivity contribution < 1.29 is 4.79 Å². The minimum absolute atomic E-state index is 0.162. The summed E-state index contributed by atoms with van der Waals surface area (Å²) in [4.78, 5) is 17.2. The van der Waals surface area contributed by atoms with Crippen LogP contribution in [0.25, 0.3) is 0 Å². The number of anilines is 1. The van der Waals surface area contributed by atoms with Gasteiger partial charge in [-0.15, -0.1) is 0 Å². The zero-order valence-electron chi connectivity index (χ0n) is 15.5. The third kappa shape index (κ3) is 3.47. The highest BCUT2D eigenvalue weighted by molar-refractivity contribution is 5.94. The van der Waals surface area contributed by atoms with Crippen LogP contribution in [0.2, 0.25) is 0 Å². The lowest BCUT2D eigenvalue weighted by atomic mass is 10.1. The van der Waals surface area contributed by atoms with Gasteiger partial charge in [0.1, 0.15) is 0 Å². The molecule has 1 N–H and O–H groups in total. The first-order valence-corrected chi connectivity index (χ1v) is 9.70. The van der Waals surface area contributed by atoms with E-state index in [0.29, 0.717) is 0 Å². The van der Waals surface area contributed by atoms with E-state index in [1.54, 1.807) is 0 Å². The normalized spacial score (nSPS) is 17.0. The van der Waals surface area contributed by atoms with Crippen molar-refractivity contribution in [1.29, 1.82) is 0 Å². The van der Waals surface area contributed by atoms with Gasteiger partial charge >= 0.3 is 0 Å². The maximum atomic E-state index is 12.7. The number of hydrogen-bond acceptors (Lipinski definition) is 3. The second-order valence-corrected chi connectivity index (χ2v) is 7.25. The van der Waals surface area contributed by atoms with E-state index in [1.165, 1.54) is 22.4 Å². The Kier molecular flexibility index (Phi) is 4.93. The molecule has 4 heteroatoms. The summed E-state index contributed by atoms with van der Waals surface area (Å²) in [5, 5.41) is 3.52. The molecule has 0 aliphatic carbocycles. The molecule has 0 saturated carbocycles. The monoisotopic (exact) mass is 349 g/mol. The minimum Gasteiger partial charge on any atom is -0.384 e. The van der Waals surface area contributed by atoms with Gasteiger partial charge in [-0.3, -0.25) is 9.69 Å². The van der Waals surface area contributed by atoms with Crippen molar-refractivity contribution in [3.8, 4) is 0 Å². The Morgan fingerprint density at radius 1 is 1.04 bits per heavy atom. The van der Waals surface area contributed by atoms with Gasteiger partial charge in [0, 0.05) is 50.5 Å². The molecule has 0 spiro atoms. The molecule has 2 aliphatic rings. The third-order valence-corrected chi connectivity index (χ3v) is 5.60. The van der Waals surface area contributed by atoms with E-state index in [-0.39, 0.29) is 5.91 Å². The van der Waals surface area contributed by atoms with Crippen LogP contribution in [0.3, 0.4) is 0 Å². The molecular formula is C22H27N3O. The fourth-order valence-corrected chi connectivity index (χ4v) is 3.96. The summed E-state index contributed by atoms with van der Waals surface area (Å²) in [6.07, 6.45) is 2.13. The highest BCUT2D eigenvalue weighted by Crippen LogP contribution is 2.27. The number of carbonyl (C=O) groups is 1. The van der Waals surface area contributed by atoms with E-state index < -0.39 is 0 Å². The standard InChI is InChI=1S/C22H27N3O/c1-2-17-6-8-19(9-7-17)22(26)25-14-12-24(13-15-25)16-20-5-3-4-18-10-11-23-21(18)20/h3-9,23H,2,10-16H2,1H3. The summed E-state index contributed by atoms with van der Waals surface area (Å²) < 4.78 is 0. The van der Waals surface area contributed by atoms with Crippen LogP contribution in [0, 0.1) is 0 Å². The highest BCUT2D eigenvalue weighted by Gasteiger charge is 2.23. The number of carbonyl (C=O) groups excluding carboxylic acids is 1. The van der Waals surface area contributed by atoms with E-state index in [0.717, 1.165) is 57.7 Å². The Balaban J connectivity index is 1.35. The molecule has 2 heterocycles. The van der Waals surface area contributed by atoms with Crippen molar-refractivity contribution >= 4 is 11.6 Å². The van der Waals surface area contributed by atoms with Crippen molar-refractivity contribution in [3.05, 3.63) is 64.7 Å². The van der Waals surface area contributed by atoms with Gasteiger partial charge in [0.15, 0.2) is 0 Å². The Labute approximate surface area is 155 Å². The van der Waals surface area contributed by atoms with Gasteiger partial charge < -0.3 is 10.2 Å². The quantitative estimate of drug-likeness (QED) is 0.921. The maximum absolute atomic E-state index is 12.7. The van der Waals surface area contributed by atoms with Gasteiger partial charge in [-0.05, 0) is 41.7 Å². The molecule has 2 aliphatic heterocycles. The van der Waals surface area contributed by atoms with Crippen LogP contribution in [0.15, 0.2) is 42.5 Å². The van der Waals surface area contributed by atoms with Gasteiger partial charge in [0.2, 0.25) is 0 Å². The van der Waals surface area contributed by atoms with Crippen molar-refractivity contribution in [1.82, 2.24) is 9.80 Å². The van der Waals surface area contributed by atoms with Crippen LogP contribution in [0.4, 0.5) is 5.69 Å². The molecule has 136 valence electrons. The summed E-state index contributed by atoms with van der Waals surface area (Å²) in [7, 11) is 0. The van der Waals surface area contributed by atoms with Crippen molar-refractivity contribution in [3.63, 3.8) is 0 Å². The second-order valence-electron chi connectivity index (χ2n) is 7.25. The summed E-state index contributed by atoms with van der Waals surface area (Å²) in [6.45, 7) is 7.61. The van der Waals surface area contributed by atoms with E-state index in [2.05, 4.69) is 47.5 Å². The number of aryl methyl sites for hydroxylation is 1. The first kappa shape index (κ1) is 17.1. The van der Waals surface area contributed by atoms with Crippen LogP contribution in [-0.2, 0) is 19.4 Å². The molecule has 2 aromatic rings. The molecule has 1 saturated heterocycles. The molecule has 1 fully saturated rings. The second kappa shape index (κ2) is 7.50. The number of nitrogens with one attached hydrogen (secondary N) is 1. The molecule has 1 amide bonds. The molecule has 0 aromatic heterocycles. The largest absolute Gasteiger partial charge is 0.384 e. The first-order valence-electron chi connectivity index (χ1n) is 9.70. The predicted molar refractivity (Wildman–Crippen MR) is 106 cm³/mol. The smallest absolute Gasteiger partial charge is 0.253 e. The predicted octanol–water partition coefficient (Wildman–Crippen LogP) is 3.18. The highest BCUT2D eigenvalue weighted by atomic mass is 16.2. The van der Waals surface area contributed by atoms with Crippen molar-refractivity contribution in [2.24, 2.45) is 0 Å². The number of benzene rings is 2. The maximum Gasteiger partial charge on any atom is 0.253 e. The lowest BCUT2D eigenvalue weighted by Gasteiger charge is -2.35. The van der Waals surface area contributed by atoms with E-state index in [9.17, 15) is 4.79 Å². The SMILES string of the molecule is CCc1ccc(C(=O)N2CCN(Cc3cccc4c3NCC4)CC2)cc1. The van der Waals surface area contributed by atoms with Gasteiger partial charge in [-0.1, -0.05) is 37.3 Å². The number of piperazine rings is 1. The zero-order chi connectivity index (χ0) is 17.9. The number of fused-ring (bicyclic) bond motifs is 1. The Morgan fingerprint density at radius 2 is 1.81 bits per heavy atom. The van der Waals surface area contributed by atoms with E-state index in [1.807, 2.05) is 17.0 Å². The lowest BCUT2D eigenvalue weighted by Crippen LogP contribution is -2.48. The van der Waals surface area contributed by atoms with Crippen LogP contribution in [0.5, 0.6) is 0 Å². The Morgan fingerprint density at radius 3 is 2.54 bits per heavy atom. The molecule has 4 nitrogen and oxygen atoms in total. The first-order chi connectivity index (χ1) is 12.7. The zero-order valence-corrected chi connectivity index (χ0v) is 15.5. The van der Waals surface area contributed by atoms with Crippen LogP contribution < -0.4 is 5.32 Å². The van der Waals surface area contributed by atoms with Gasteiger partial charge in [-0.2, -0.15) is 0 Å². The van der Waals surface area contributed by atoms with Gasteiger partial charge in [0.05, 0.1) is 0 Å². The number of rotatable bonds is 4. The minimum atomic E-state index is 0.162. The molecular weight excluding hydrogens is 322 g/mol. The Hall–Kier alpha value is -2.33. The van der Waals surface area contributed by atoms with E-state index >= 15 is 0 Å². The van der Waals surface area contributed by atoms with Gasteiger partial charge in [0.25, 0.3) is 5.91 Å². The molecule has 4 rings (SSSR count). The fourth-order valence-electron chi connectivity index (χ4n) is 3.96. The van der Waals surface area contributed by atoms with Gasteiger partial charge in [-0.25, -0.2) is 0 Å². The van der Waals surface area contributed by atoms with Crippen molar-refractivity contribution in [2.75, 3.05) is 38.0 Å². The average molecular weight is 349 g/mol. The van der Waals surface area contributed by atoms with Crippen LogP contribution >= 0.6 is 0 Å². The third-order valence-electron chi connectivity index (χ3n) is 5.60. The number of hydrogen-bond donors (Lipinski definition) is 1. The van der Waals surface area contributed by atoms with Crippen LogP contribution in [0.1, 0.15) is 34.0 Å². The Bertz CT molecular complexity index is 776. The molecule has 0 bridgehead atoms. The molecule has 0 unspecified atom stereocenters. The molecule has 26 heavy (non-hydrogen) atoms. The molecule has 0 radical (unpaired) electrons. The summed E-state index contributed by atoms with van der Waals surface area (Å²) in [5.74, 6) is 0.162. The summed E-state index contributed by atoms with van der Waals surface area (Å²) in [5.41, 5.74) is 6.24. The average Bonchev–Trinajstić information content (AvgIpc) is 3.18. The van der Waals surface area contributed by atoms with Crippen molar-refractivity contribution in [2.45, 2.75) is 26.3 Å². The summed E-state index contributed by atoms with van der Waals surface area (Å²) >= 11 is 0. The topological polar surface area (TPSA) is 35.6 Å². The summed E-state index contributed by atoms with van der Waals surface area (Å²) in [6, 6.07) is 14.7. The molecule has 0 atom stereocenters. The molecule has 2 aromatic carbocycles. The lowest BCUT2D eigenvalue weighted by molar-refractivity contribution is 0.0628. The fraction of sp³-hybridized carbons (Fsp3) is 0.409. The van der Waals surface area contributed by atoms with E-state index in [4.69, 9.17) is 0 Å². The van der Waals surface area contributed by atoms with Crippen LogP contribution in [-0.4, -0.2) is 48.4 Å². The number of nitrogens with zero attached hydrogens (tertiary/aromatic N) is 2. The number of para-hydroxylation sites is 1.